The zero-order chi connectivity index (χ0) is 19.4. The minimum absolute atomic E-state index is 0.190. The van der Waals surface area contributed by atoms with E-state index in [9.17, 15) is 9.59 Å². The maximum absolute atomic E-state index is 11.9. The summed E-state index contributed by atoms with van der Waals surface area (Å²) in [5.41, 5.74) is 11.5. The van der Waals surface area contributed by atoms with E-state index in [1.165, 1.54) is 0 Å². The number of hydrogen-bond donors (Lipinski definition) is 3. The number of nitrogens with one attached hydrogen (secondary N) is 2. The highest BCUT2D eigenvalue weighted by molar-refractivity contribution is 5.93. The van der Waals surface area contributed by atoms with E-state index in [4.69, 9.17) is 10.5 Å². The van der Waals surface area contributed by atoms with E-state index in [0.29, 0.717) is 11.3 Å². The number of hydrogen-bond acceptors (Lipinski definition) is 4. The molecule has 0 bridgehead atoms. The molecule has 2 aromatic carbocycles. The molecule has 3 rings (SSSR count). The highest BCUT2D eigenvalue weighted by atomic mass is 16.5. The fraction of sp³-hybridized carbons (Fsp3) is 0.150. The molecule has 0 aliphatic carbocycles. The number of primary amides is 1. The second-order valence-electron chi connectivity index (χ2n) is 6.21. The number of carbonyl (C=O) groups is 2. The average molecular weight is 364 g/mol. The first-order valence-corrected chi connectivity index (χ1v) is 8.37. The highest BCUT2D eigenvalue weighted by Gasteiger charge is 2.11. The molecule has 3 aromatic rings. The van der Waals surface area contributed by atoms with Crippen molar-refractivity contribution in [2.24, 2.45) is 10.8 Å². The van der Waals surface area contributed by atoms with Crippen LogP contribution in [0.25, 0.3) is 10.9 Å². The summed E-state index contributed by atoms with van der Waals surface area (Å²) in [7, 11) is 0. The van der Waals surface area contributed by atoms with Gasteiger partial charge in [0.2, 0.25) is 5.91 Å². The standard InChI is InChI=1S/C20H20N4O3/c1-12-7-16(20(21)26)8-13(2)19(12)27-11-18(25)24-23-10-14-3-4-15-5-6-22-17(15)9-14/h3-10,22H,11H2,1-2H3,(H2,21,26)(H,24,25)/b23-10+. The van der Waals surface area contributed by atoms with Gasteiger partial charge in [0.05, 0.1) is 6.21 Å². The first-order valence-electron chi connectivity index (χ1n) is 8.37. The number of carbonyl (C=O) groups excluding carboxylic acids is 2. The number of aryl methyl sites for hydroxylation is 2. The van der Waals surface area contributed by atoms with Crippen molar-refractivity contribution < 1.29 is 14.3 Å². The maximum Gasteiger partial charge on any atom is 0.277 e. The fourth-order valence-electron chi connectivity index (χ4n) is 2.81. The minimum Gasteiger partial charge on any atom is -0.483 e. The van der Waals surface area contributed by atoms with Gasteiger partial charge in [-0.2, -0.15) is 5.10 Å². The first kappa shape index (κ1) is 18.2. The molecule has 0 aliphatic rings. The molecule has 0 radical (unpaired) electrons. The highest BCUT2D eigenvalue weighted by Crippen LogP contribution is 2.24. The Kier molecular flexibility index (Phi) is 5.21. The molecule has 0 aliphatic heterocycles. The van der Waals surface area contributed by atoms with Crippen molar-refractivity contribution in [1.82, 2.24) is 10.4 Å². The van der Waals surface area contributed by atoms with Crippen LogP contribution in [0.5, 0.6) is 5.75 Å². The number of nitrogens with two attached hydrogens (primary N) is 1. The van der Waals surface area contributed by atoms with Gasteiger partial charge in [-0.25, -0.2) is 5.43 Å². The second-order valence-corrected chi connectivity index (χ2v) is 6.21. The van der Waals surface area contributed by atoms with Gasteiger partial charge in [-0.1, -0.05) is 12.1 Å². The lowest BCUT2D eigenvalue weighted by Crippen LogP contribution is -2.25. The van der Waals surface area contributed by atoms with Crippen LogP contribution in [0.15, 0.2) is 47.7 Å². The van der Waals surface area contributed by atoms with Gasteiger partial charge in [-0.3, -0.25) is 9.59 Å². The normalized spacial score (nSPS) is 11.0. The molecular formula is C20H20N4O3. The van der Waals surface area contributed by atoms with Crippen LogP contribution < -0.4 is 15.9 Å². The SMILES string of the molecule is Cc1cc(C(N)=O)cc(C)c1OCC(=O)N/N=C/c1ccc2cc[nH]c2c1. The van der Waals surface area contributed by atoms with Gasteiger partial charge < -0.3 is 15.5 Å². The number of aromatic amines is 1. The predicted octanol–water partition coefficient (Wildman–Crippen LogP) is 2.41. The summed E-state index contributed by atoms with van der Waals surface area (Å²) in [6, 6.07) is 11.1. The van der Waals surface area contributed by atoms with E-state index in [0.717, 1.165) is 27.6 Å². The summed E-state index contributed by atoms with van der Waals surface area (Å²) in [6.45, 7) is 3.40. The monoisotopic (exact) mass is 364 g/mol. The average Bonchev–Trinajstić information content (AvgIpc) is 3.08. The number of aromatic nitrogens is 1. The van der Waals surface area contributed by atoms with Crippen molar-refractivity contribution in [2.75, 3.05) is 6.61 Å². The molecule has 0 saturated carbocycles. The van der Waals surface area contributed by atoms with Crippen LogP contribution in [0, 0.1) is 13.8 Å². The predicted molar refractivity (Wildman–Crippen MR) is 104 cm³/mol. The largest absolute Gasteiger partial charge is 0.483 e. The van der Waals surface area contributed by atoms with Crippen LogP contribution in [-0.2, 0) is 4.79 Å². The van der Waals surface area contributed by atoms with Gasteiger partial charge in [-0.05, 0) is 60.2 Å². The molecule has 138 valence electrons. The molecule has 1 aromatic heterocycles. The Morgan fingerprint density at radius 2 is 1.93 bits per heavy atom. The van der Waals surface area contributed by atoms with E-state index in [1.54, 1.807) is 32.2 Å². The molecule has 0 unspecified atom stereocenters. The Hall–Kier alpha value is -3.61. The summed E-state index contributed by atoms with van der Waals surface area (Å²) in [5, 5.41) is 5.06. The Labute approximate surface area is 156 Å². The molecule has 0 saturated heterocycles. The molecule has 1 heterocycles. The Morgan fingerprint density at radius 3 is 2.63 bits per heavy atom. The molecule has 0 spiro atoms. The summed E-state index contributed by atoms with van der Waals surface area (Å²) in [4.78, 5) is 26.3. The first-order chi connectivity index (χ1) is 12.9. The quantitative estimate of drug-likeness (QED) is 0.461. The van der Waals surface area contributed by atoms with Crippen molar-refractivity contribution in [2.45, 2.75) is 13.8 Å². The lowest BCUT2D eigenvalue weighted by Gasteiger charge is -2.12. The van der Waals surface area contributed by atoms with E-state index < -0.39 is 5.91 Å². The van der Waals surface area contributed by atoms with Crippen LogP contribution in [0.1, 0.15) is 27.0 Å². The summed E-state index contributed by atoms with van der Waals surface area (Å²) < 4.78 is 5.57. The molecule has 2 amide bonds. The third-order valence-electron chi connectivity index (χ3n) is 4.07. The molecule has 27 heavy (non-hydrogen) atoms. The van der Waals surface area contributed by atoms with Gasteiger partial charge in [0.15, 0.2) is 6.61 Å². The molecule has 7 nitrogen and oxygen atoms in total. The third-order valence-corrected chi connectivity index (χ3v) is 4.07. The number of nitrogens with zero attached hydrogens (tertiary/aromatic N) is 1. The van der Waals surface area contributed by atoms with Crippen LogP contribution in [-0.4, -0.2) is 29.6 Å². The number of amides is 2. The third kappa shape index (κ3) is 4.33. The number of ether oxygens (including phenoxy) is 1. The Balaban J connectivity index is 1.57. The smallest absolute Gasteiger partial charge is 0.277 e. The number of benzene rings is 2. The number of hydrazone groups is 1. The van der Waals surface area contributed by atoms with Gasteiger partial charge in [0, 0.05) is 17.3 Å². The molecule has 7 heteroatoms. The molecule has 4 N–H and O–H groups in total. The van der Waals surface area contributed by atoms with Crippen LogP contribution >= 0.6 is 0 Å². The van der Waals surface area contributed by atoms with E-state index in [-0.39, 0.29) is 12.5 Å². The fourth-order valence-corrected chi connectivity index (χ4v) is 2.81. The number of fused-ring (bicyclic) bond motifs is 1. The van der Waals surface area contributed by atoms with Crippen molar-refractivity contribution >= 4 is 28.9 Å². The summed E-state index contributed by atoms with van der Waals surface area (Å²) in [6.07, 6.45) is 3.43. The topological polar surface area (TPSA) is 110 Å². The zero-order valence-corrected chi connectivity index (χ0v) is 15.1. The van der Waals surface area contributed by atoms with Gasteiger partial charge in [0.25, 0.3) is 5.91 Å². The second kappa shape index (κ2) is 7.74. The van der Waals surface area contributed by atoms with E-state index in [1.807, 2.05) is 30.5 Å². The minimum atomic E-state index is -0.502. The van der Waals surface area contributed by atoms with Crippen molar-refractivity contribution in [1.29, 1.82) is 0 Å². The van der Waals surface area contributed by atoms with Gasteiger partial charge >= 0.3 is 0 Å². The summed E-state index contributed by atoms with van der Waals surface area (Å²) in [5.74, 6) is -0.335. The van der Waals surface area contributed by atoms with Crippen molar-refractivity contribution in [3.05, 3.63) is 64.8 Å². The molecular weight excluding hydrogens is 344 g/mol. The molecule has 0 fully saturated rings. The van der Waals surface area contributed by atoms with E-state index in [2.05, 4.69) is 15.5 Å². The van der Waals surface area contributed by atoms with Crippen LogP contribution in [0.4, 0.5) is 0 Å². The molecule has 0 atom stereocenters. The van der Waals surface area contributed by atoms with Crippen LogP contribution in [0.3, 0.4) is 0 Å². The van der Waals surface area contributed by atoms with Gasteiger partial charge in [-0.15, -0.1) is 0 Å². The Bertz CT molecular complexity index is 1010. The van der Waals surface area contributed by atoms with Gasteiger partial charge in [0.1, 0.15) is 5.75 Å². The number of rotatable bonds is 6. The Morgan fingerprint density at radius 1 is 1.19 bits per heavy atom. The maximum atomic E-state index is 11.9. The van der Waals surface area contributed by atoms with Crippen molar-refractivity contribution in [3.8, 4) is 5.75 Å². The lowest BCUT2D eigenvalue weighted by molar-refractivity contribution is -0.123. The lowest BCUT2D eigenvalue weighted by atomic mass is 10.1. The van der Waals surface area contributed by atoms with E-state index >= 15 is 0 Å². The van der Waals surface area contributed by atoms with Crippen LogP contribution in [0.2, 0.25) is 0 Å². The zero-order valence-electron chi connectivity index (χ0n) is 15.1. The number of H-pyrrole nitrogens is 1. The summed E-state index contributed by atoms with van der Waals surface area (Å²) >= 11 is 0. The van der Waals surface area contributed by atoms with Crippen molar-refractivity contribution in [3.63, 3.8) is 0 Å².